The lowest BCUT2D eigenvalue weighted by atomic mass is 9.75. The molecule has 2 fully saturated rings. The highest BCUT2D eigenvalue weighted by Crippen LogP contribution is 2.46. The quantitative estimate of drug-likeness (QED) is 0.733. The van der Waals surface area contributed by atoms with Gasteiger partial charge in [-0.15, -0.1) is 0 Å². The molecule has 80 valence electrons. The minimum Gasteiger partial charge on any atom is -0.508 e. The largest absolute Gasteiger partial charge is 0.508 e. The van der Waals surface area contributed by atoms with Gasteiger partial charge < -0.3 is 10.4 Å². The van der Waals surface area contributed by atoms with Crippen molar-refractivity contribution in [1.82, 2.24) is 5.32 Å². The van der Waals surface area contributed by atoms with Crippen molar-refractivity contribution in [2.24, 2.45) is 0 Å². The zero-order valence-corrected chi connectivity index (χ0v) is 8.87. The smallest absolute Gasteiger partial charge is 0.115 e. The second kappa shape index (κ2) is 3.24. The van der Waals surface area contributed by atoms with Crippen LogP contribution in [0.1, 0.15) is 31.2 Å². The molecule has 2 aliphatic rings. The zero-order valence-electron chi connectivity index (χ0n) is 8.87. The van der Waals surface area contributed by atoms with Crippen LogP contribution < -0.4 is 5.32 Å². The topological polar surface area (TPSA) is 32.3 Å². The Morgan fingerprint density at radius 1 is 1.20 bits per heavy atom. The molecule has 0 spiro atoms. The van der Waals surface area contributed by atoms with Gasteiger partial charge in [-0.1, -0.05) is 12.1 Å². The number of rotatable bonds is 1. The molecule has 1 aliphatic heterocycles. The first-order chi connectivity index (χ1) is 7.28. The molecule has 2 atom stereocenters. The van der Waals surface area contributed by atoms with E-state index in [1.54, 1.807) is 0 Å². The number of hydrogen-bond donors (Lipinski definition) is 2. The number of piperidine rings is 1. The summed E-state index contributed by atoms with van der Waals surface area (Å²) in [6.07, 6.45) is 5.13. The van der Waals surface area contributed by atoms with Crippen LogP contribution in [0.25, 0.3) is 0 Å². The van der Waals surface area contributed by atoms with Crippen LogP contribution >= 0.6 is 0 Å². The maximum atomic E-state index is 9.31. The molecule has 2 nitrogen and oxygen atoms in total. The van der Waals surface area contributed by atoms with E-state index in [1.165, 1.54) is 31.2 Å². The van der Waals surface area contributed by atoms with Gasteiger partial charge in [-0.25, -0.2) is 0 Å². The Labute approximate surface area is 90.3 Å². The fourth-order valence-electron chi connectivity index (χ4n) is 3.26. The predicted molar refractivity (Wildman–Crippen MR) is 60.0 cm³/mol. The third-order valence-corrected chi connectivity index (χ3v) is 4.12. The van der Waals surface area contributed by atoms with Crippen LogP contribution in [0, 0.1) is 0 Å². The van der Waals surface area contributed by atoms with Crippen LogP contribution in [-0.2, 0) is 5.41 Å². The van der Waals surface area contributed by atoms with Crippen molar-refractivity contribution in [2.45, 2.75) is 37.1 Å². The van der Waals surface area contributed by atoms with E-state index >= 15 is 0 Å². The summed E-state index contributed by atoms with van der Waals surface area (Å²) in [5.41, 5.74) is 1.83. The molecule has 2 unspecified atom stereocenters. The third kappa shape index (κ3) is 1.44. The summed E-state index contributed by atoms with van der Waals surface area (Å²) < 4.78 is 0. The van der Waals surface area contributed by atoms with Crippen LogP contribution in [0.15, 0.2) is 24.3 Å². The van der Waals surface area contributed by atoms with E-state index in [2.05, 4.69) is 17.4 Å². The number of aromatic hydroxyl groups is 1. The summed E-state index contributed by atoms with van der Waals surface area (Å²) in [6, 6.07) is 8.57. The van der Waals surface area contributed by atoms with Gasteiger partial charge in [0.25, 0.3) is 0 Å². The highest BCUT2D eigenvalue weighted by molar-refractivity contribution is 5.33. The maximum Gasteiger partial charge on any atom is 0.115 e. The van der Waals surface area contributed by atoms with Crippen molar-refractivity contribution in [3.8, 4) is 5.75 Å². The number of nitrogens with one attached hydrogen (secondary N) is 1. The first-order valence-electron chi connectivity index (χ1n) is 5.81. The molecule has 2 heteroatoms. The summed E-state index contributed by atoms with van der Waals surface area (Å²) in [5.74, 6) is 0.374. The van der Waals surface area contributed by atoms with E-state index in [0.717, 1.165) is 12.6 Å². The van der Waals surface area contributed by atoms with Gasteiger partial charge >= 0.3 is 0 Å². The Bertz CT molecular complexity index is 355. The van der Waals surface area contributed by atoms with Crippen LogP contribution in [0.2, 0.25) is 0 Å². The summed E-state index contributed by atoms with van der Waals surface area (Å²) in [6.45, 7) is 1.14. The molecule has 15 heavy (non-hydrogen) atoms. The standard InChI is InChI=1S/C13H17NO/c15-12-3-1-10(2-4-12)13-6-5-11(9-13)14-8-7-13/h1-4,11,14-15H,5-9H2. The maximum absolute atomic E-state index is 9.31. The number of benzene rings is 1. The molecule has 0 amide bonds. The zero-order chi connectivity index (χ0) is 10.3. The molecule has 1 aromatic carbocycles. The lowest BCUT2D eigenvalue weighted by Crippen LogP contribution is -2.39. The van der Waals surface area contributed by atoms with E-state index in [4.69, 9.17) is 0 Å². The summed E-state index contributed by atoms with van der Waals surface area (Å²) >= 11 is 0. The molecule has 0 radical (unpaired) electrons. The first-order valence-corrected chi connectivity index (χ1v) is 5.81. The molecule has 1 aromatic rings. The van der Waals surface area contributed by atoms with E-state index < -0.39 is 0 Å². The SMILES string of the molecule is Oc1ccc(C23CCNC(CC2)C3)cc1. The van der Waals surface area contributed by atoms with Crippen molar-refractivity contribution in [2.75, 3.05) is 6.54 Å². The average molecular weight is 203 g/mol. The Kier molecular flexibility index (Phi) is 1.99. The minimum atomic E-state index is 0.374. The lowest BCUT2D eigenvalue weighted by Gasteiger charge is -2.34. The van der Waals surface area contributed by atoms with Crippen molar-refractivity contribution >= 4 is 0 Å². The first kappa shape index (κ1) is 9.22. The second-order valence-corrected chi connectivity index (χ2v) is 4.97. The van der Waals surface area contributed by atoms with E-state index in [-0.39, 0.29) is 0 Å². The fraction of sp³-hybridized carbons (Fsp3) is 0.538. The molecule has 3 rings (SSSR count). The molecular weight excluding hydrogens is 186 g/mol. The molecule has 2 bridgehead atoms. The average Bonchev–Trinajstić information content (AvgIpc) is 2.56. The third-order valence-electron chi connectivity index (χ3n) is 4.12. The number of phenolic OH excluding ortho intramolecular Hbond substituents is 1. The van der Waals surface area contributed by atoms with Crippen LogP contribution in [0.5, 0.6) is 5.75 Å². The van der Waals surface area contributed by atoms with Gasteiger partial charge in [0.15, 0.2) is 0 Å². The van der Waals surface area contributed by atoms with E-state index in [1.807, 2.05) is 12.1 Å². The van der Waals surface area contributed by atoms with Gasteiger partial charge in [0.1, 0.15) is 5.75 Å². The number of phenols is 1. The Balaban J connectivity index is 1.95. The fourth-order valence-corrected chi connectivity index (χ4v) is 3.26. The second-order valence-electron chi connectivity index (χ2n) is 4.97. The van der Waals surface area contributed by atoms with E-state index in [9.17, 15) is 5.11 Å². The van der Waals surface area contributed by atoms with Crippen LogP contribution in [0.3, 0.4) is 0 Å². The molecule has 1 heterocycles. The summed E-state index contributed by atoms with van der Waals surface area (Å²) in [7, 11) is 0. The highest BCUT2D eigenvalue weighted by atomic mass is 16.3. The number of hydrogen-bond acceptors (Lipinski definition) is 2. The van der Waals surface area contributed by atoms with Crippen molar-refractivity contribution in [1.29, 1.82) is 0 Å². The summed E-state index contributed by atoms with van der Waals surface area (Å²) in [4.78, 5) is 0. The van der Waals surface area contributed by atoms with Crippen LogP contribution in [0.4, 0.5) is 0 Å². The van der Waals surface area contributed by atoms with Gasteiger partial charge in [-0.05, 0) is 55.3 Å². The molecule has 2 N–H and O–H groups in total. The van der Waals surface area contributed by atoms with Gasteiger partial charge in [0.2, 0.25) is 0 Å². The van der Waals surface area contributed by atoms with Gasteiger partial charge in [-0.2, -0.15) is 0 Å². The van der Waals surface area contributed by atoms with E-state index in [0.29, 0.717) is 11.2 Å². The molecule has 1 saturated carbocycles. The van der Waals surface area contributed by atoms with Crippen molar-refractivity contribution < 1.29 is 5.11 Å². The molecule has 0 aromatic heterocycles. The van der Waals surface area contributed by atoms with Gasteiger partial charge in [-0.3, -0.25) is 0 Å². The Morgan fingerprint density at radius 2 is 2.00 bits per heavy atom. The monoisotopic (exact) mass is 203 g/mol. The van der Waals surface area contributed by atoms with Crippen molar-refractivity contribution in [3.63, 3.8) is 0 Å². The van der Waals surface area contributed by atoms with Gasteiger partial charge in [0, 0.05) is 6.04 Å². The normalized spacial score (nSPS) is 34.3. The Hall–Kier alpha value is -1.02. The lowest BCUT2D eigenvalue weighted by molar-refractivity contribution is 0.331. The minimum absolute atomic E-state index is 0.374. The molecule has 1 aliphatic carbocycles. The van der Waals surface area contributed by atoms with Crippen LogP contribution in [-0.4, -0.2) is 17.7 Å². The predicted octanol–water partition coefficient (Wildman–Crippen LogP) is 2.18. The summed E-state index contributed by atoms with van der Waals surface area (Å²) in [5, 5.41) is 12.9. The number of fused-ring (bicyclic) bond motifs is 2. The van der Waals surface area contributed by atoms with Crippen molar-refractivity contribution in [3.05, 3.63) is 29.8 Å². The molecular formula is C13H17NO. The Morgan fingerprint density at radius 3 is 2.80 bits per heavy atom. The highest BCUT2D eigenvalue weighted by Gasteiger charge is 2.42. The van der Waals surface area contributed by atoms with Gasteiger partial charge in [0.05, 0.1) is 0 Å². The molecule has 1 saturated heterocycles.